The smallest absolute Gasteiger partial charge is 0.222 e. The van der Waals surface area contributed by atoms with Gasteiger partial charge >= 0.3 is 0 Å². The van der Waals surface area contributed by atoms with Crippen molar-refractivity contribution in [1.82, 2.24) is 0 Å². The molecule has 1 unspecified atom stereocenters. The molecule has 1 rings (SSSR count). The van der Waals surface area contributed by atoms with Crippen molar-refractivity contribution in [2.75, 3.05) is 11.9 Å². The Kier molecular flexibility index (Phi) is 3.72. The van der Waals surface area contributed by atoms with Crippen LogP contribution in [0.25, 0.3) is 0 Å². The molecule has 0 heterocycles. The van der Waals surface area contributed by atoms with E-state index in [1.807, 2.05) is 20.8 Å². The number of aryl methyl sites for hydroxylation is 2. The van der Waals surface area contributed by atoms with Crippen LogP contribution in [0.15, 0.2) is 18.2 Å². The van der Waals surface area contributed by atoms with E-state index in [4.69, 9.17) is 5.73 Å². The number of nitrogens with one attached hydrogen (secondary N) is 1. The predicted octanol–water partition coefficient (Wildman–Crippen LogP) is 1.84. The minimum atomic E-state index is -0.271. The average Bonchev–Trinajstić information content (AvgIpc) is 2.18. The van der Waals surface area contributed by atoms with E-state index in [1.165, 1.54) is 11.1 Å². The van der Waals surface area contributed by atoms with Crippen LogP contribution in [0.1, 0.15) is 18.1 Å². The summed E-state index contributed by atoms with van der Waals surface area (Å²) in [5, 5.41) is 3.23. The molecule has 0 spiro atoms. The first kappa shape index (κ1) is 11.6. The lowest BCUT2D eigenvalue weighted by Gasteiger charge is -2.13. The molecule has 0 aliphatic carbocycles. The summed E-state index contributed by atoms with van der Waals surface area (Å²) >= 11 is 0. The number of amides is 1. The van der Waals surface area contributed by atoms with Gasteiger partial charge in [0.1, 0.15) is 0 Å². The van der Waals surface area contributed by atoms with E-state index in [0.29, 0.717) is 6.54 Å². The number of benzene rings is 1. The second-order valence-corrected chi connectivity index (χ2v) is 4.00. The normalized spacial score (nSPS) is 12.2. The van der Waals surface area contributed by atoms with Gasteiger partial charge < -0.3 is 11.1 Å². The Bertz CT molecular complexity index is 361. The summed E-state index contributed by atoms with van der Waals surface area (Å²) in [5.74, 6) is -0.419. The van der Waals surface area contributed by atoms with E-state index in [1.54, 1.807) is 0 Å². The van der Waals surface area contributed by atoms with Crippen molar-refractivity contribution in [1.29, 1.82) is 0 Å². The highest BCUT2D eigenvalue weighted by atomic mass is 16.1. The lowest BCUT2D eigenvalue weighted by atomic mass is 10.1. The number of primary amides is 1. The zero-order chi connectivity index (χ0) is 11.4. The molecule has 0 fully saturated rings. The lowest BCUT2D eigenvalue weighted by molar-refractivity contribution is -0.120. The number of rotatable bonds is 4. The third-order valence-electron chi connectivity index (χ3n) is 2.48. The monoisotopic (exact) mass is 206 g/mol. The highest BCUT2D eigenvalue weighted by molar-refractivity contribution is 5.76. The first-order chi connectivity index (χ1) is 7.00. The van der Waals surface area contributed by atoms with Crippen molar-refractivity contribution in [3.8, 4) is 0 Å². The molecular formula is C12H18N2O. The van der Waals surface area contributed by atoms with Crippen LogP contribution in [0.5, 0.6) is 0 Å². The molecule has 3 N–H and O–H groups in total. The summed E-state index contributed by atoms with van der Waals surface area (Å²) in [6, 6.07) is 6.20. The van der Waals surface area contributed by atoms with E-state index in [-0.39, 0.29) is 11.8 Å². The lowest BCUT2D eigenvalue weighted by Crippen LogP contribution is -2.26. The van der Waals surface area contributed by atoms with E-state index in [9.17, 15) is 4.79 Å². The maximum atomic E-state index is 10.9. The molecule has 0 aliphatic rings. The molecule has 3 nitrogen and oxygen atoms in total. The number of nitrogens with two attached hydrogens (primary N) is 1. The highest BCUT2D eigenvalue weighted by Gasteiger charge is 2.08. The summed E-state index contributed by atoms with van der Waals surface area (Å²) in [4.78, 5) is 10.9. The first-order valence-electron chi connectivity index (χ1n) is 5.11. The maximum absolute atomic E-state index is 10.9. The Labute approximate surface area is 90.7 Å². The molecular weight excluding hydrogens is 188 g/mol. The molecule has 82 valence electrons. The Hall–Kier alpha value is -1.51. The van der Waals surface area contributed by atoms with Crippen molar-refractivity contribution in [3.05, 3.63) is 29.3 Å². The molecule has 1 aromatic carbocycles. The fraction of sp³-hybridized carbons (Fsp3) is 0.417. The third-order valence-corrected chi connectivity index (χ3v) is 2.48. The number of hydrogen-bond donors (Lipinski definition) is 2. The van der Waals surface area contributed by atoms with Crippen LogP contribution in [0.2, 0.25) is 0 Å². The Morgan fingerprint density at radius 2 is 2.13 bits per heavy atom. The Morgan fingerprint density at radius 1 is 1.47 bits per heavy atom. The van der Waals surface area contributed by atoms with Crippen molar-refractivity contribution in [2.24, 2.45) is 11.7 Å². The number of carbonyl (C=O) groups excluding carboxylic acids is 1. The van der Waals surface area contributed by atoms with Crippen molar-refractivity contribution >= 4 is 11.6 Å². The molecule has 0 aromatic heterocycles. The minimum Gasteiger partial charge on any atom is -0.384 e. The first-order valence-corrected chi connectivity index (χ1v) is 5.11. The van der Waals surface area contributed by atoms with Gasteiger partial charge in [0.05, 0.1) is 5.92 Å². The highest BCUT2D eigenvalue weighted by Crippen LogP contribution is 2.16. The summed E-state index contributed by atoms with van der Waals surface area (Å²) < 4.78 is 0. The molecule has 0 aliphatic heterocycles. The SMILES string of the molecule is Cc1ccc(C)c(NCC(C)C(N)=O)c1. The quantitative estimate of drug-likeness (QED) is 0.789. The van der Waals surface area contributed by atoms with E-state index >= 15 is 0 Å². The third kappa shape index (κ3) is 3.27. The number of anilines is 1. The standard InChI is InChI=1S/C12H18N2O/c1-8-4-5-9(2)11(6-8)14-7-10(3)12(13)15/h4-6,10,14H,7H2,1-3H3,(H2,13,15). The maximum Gasteiger partial charge on any atom is 0.222 e. The molecule has 3 heteroatoms. The van der Waals surface area contributed by atoms with Gasteiger partial charge in [0, 0.05) is 12.2 Å². The van der Waals surface area contributed by atoms with E-state index in [0.717, 1.165) is 5.69 Å². The van der Waals surface area contributed by atoms with Crippen LogP contribution < -0.4 is 11.1 Å². The van der Waals surface area contributed by atoms with Gasteiger partial charge in [-0.2, -0.15) is 0 Å². The summed E-state index contributed by atoms with van der Waals surface area (Å²) in [6.45, 7) is 6.49. The van der Waals surface area contributed by atoms with Crippen molar-refractivity contribution in [3.63, 3.8) is 0 Å². The largest absolute Gasteiger partial charge is 0.384 e. The van der Waals surface area contributed by atoms with Crippen LogP contribution in [0.3, 0.4) is 0 Å². The molecule has 0 saturated carbocycles. The molecule has 15 heavy (non-hydrogen) atoms. The average molecular weight is 206 g/mol. The van der Waals surface area contributed by atoms with Gasteiger partial charge in [-0.3, -0.25) is 4.79 Å². The number of carbonyl (C=O) groups is 1. The zero-order valence-electron chi connectivity index (χ0n) is 9.50. The van der Waals surface area contributed by atoms with Crippen LogP contribution >= 0.6 is 0 Å². The summed E-state index contributed by atoms with van der Waals surface area (Å²) in [7, 11) is 0. The van der Waals surface area contributed by atoms with Gasteiger partial charge in [0.25, 0.3) is 0 Å². The van der Waals surface area contributed by atoms with Gasteiger partial charge in [0.2, 0.25) is 5.91 Å². The molecule has 1 aromatic rings. The van der Waals surface area contributed by atoms with Gasteiger partial charge in [-0.1, -0.05) is 19.1 Å². The Balaban J connectivity index is 2.65. The second kappa shape index (κ2) is 4.82. The molecule has 0 radical (unpaired) electrons. The molecule has 1 amide bonds. The Morgan fingerprint density at radius 3 is 2.73 bits per heavy atom. The fourth-order valence-corrected chi connectivity index (χ4v) is 1.29. The fourth-order valence-electron chi connectivity index (χ4n) is 1.29. The predicted molar refractivity (Wildman–Crippen MR) is 62.8 cm³/mol. The summed E-state index contributed by atoms with van der Waals surface area (Å²) in [5.41, 5.74) is 8.64. The van der Waals surface area contributed by atoms with Crippen molar-refractivity contribution in [2.45, 2.75) is 20.8 Å². The van der Waals surface area contributed by atoms with E-state index in [2.05, 4.69) is 23.5 Å². The second-order valence-electron chi connectivity index (χ2n) is 4.00. The van der Waals surface area contributed by atoms with Gasteiger partial charge in [-0.05, 0) is 31.0 Å². The van der Waals surface area contributed by atoms with Crippen LogP contribution in [-0.2, 0) is 4.79 Å². The topological polar surface area (TPSA) is 55.1 Å². The minimum absolute atomic E-state index is 0.148. The van der Waals surface area contributed by atoms with Gasteiger partial charge in [-0.15, -0.1) is 0 Å². The van der Waals surface area contributed by atoms with Crippen molar-refractivity contribution < 1.29 is 4.79 Å². The van der Waals surface area contributed by atoms with Gasteiger partial charge in [-0.25, -0.2) is 0 Å². The van der Waals surface area contributed by atoms with Crippen LogP contribution in [0, 0.1) is 19.8 Å². The molecule has 0 bridgehead atoms. The zero-order valence-corrected chi connectivity index (χ0v) is 9.50. The van der Waals surface area contributed by atoms with Gasteiger partial charge in [0.15, 0.2) is 0 Å². The number of hydrogen-bond acceptors (Lipinski definition) is 2. The molecule has 1 atom stereocenters. The van der Waals surface area contributed by atoms with Crippen LogP contribution in [-0.4, -0.2) is 12.5 Å². The van der Waals surface area contributed by atoms with Crippen LogP contribution in [0.4, 0.5) is 5.69 Å². The summed E-state index contributed by atoms with van der Waals surface area (Å²) in [6.07, 6.45) is 0. The van der Waals surface area contributed by atoms with E-state index < -0.39 is 0 Å². The molecule has 0 saturated heterocycles.